The van der Waals surface area contributed by atoms with Crippen molar-refractivity contribution in [2.45, 2.75) is 6.10 Å². The predicted molar refractivity (Wildman–Crippen MR) is 59.1 cm³/mol. The first-order valence-corrected chi connectivity index (χ1v) is 5.57. The Morgan fingerprint density at radius 2 is 2.22 bits per heavy atom. The molecule has 1 saturated heterocycles. The number of morpholine rings is 1. The van der Waals surface area contributed by atoms with E-state index in [1.807, 2.05) is 0 Å². The minimum Gasteiger partial charge on any atom is -0.480 e. The van der Waals surface area contributed by atoms with Gasteiger partial charge in [-0.15, -0.1) is 0 Å². The highest BCUT2D eigenvalue weighted by molar-refractivity contribution is 5.69. The molecule has 0 bridgehead atoms. The molecule has 4 nitrogen and oxygen atoms in total. The van der Waals surface area contributed by atoms with Gasteiger partial charge in [0.2, 0.25) is 0 Å². The van der Waals surface area contributed by atoms with Gasteiger partial charge in [0.05, 0.1) is 19.3 Å². The first kappa shape index (κ1) is 12.9. The molecule has 1 fully saturated rings. The van der Waals surface area contributed by atoms with Crippen LogP contribution in [0, 0.1) is 11.6 Å². The Kier molecular flexibility index (Phi) is 3.88. The summed E-state index contributed by atoms with van der Waals surface area (Å²) in [6, 6.07) is 3.59. The lowest BCUT2D eigenvalue weighted by Gasteiger charge is -2.32. The molecule has 0 aromatic heterocycles. The predicted octanol–water partition coefficient (Wildman–Crippen LogP) is 1.42. The topological polar surface area (TPSA) is 49.8 Å². The maximum absolute atomic E-state index is 13.1. The second-order valence-corrected chi connectivity index (χ2v) is 4.16. The fraction of sp³-hybridized carbons (Fsp3) is 0.417. The Labute approximate surface area is 103 Å². The molecular formula is C12H13F2NO3. The Hall–Kier alpha value is -1.53. The average molecular weight is 257 g/mol. The van der Waals surface area contributed by atoms with Crippen LogP contribution in [0.15, 0.2) is 18.2 Å². The highest BCUT2D eigenvalue weighted by atomic mass is 19.2. The lowest BCUT2D eigenvalue weighted by atomic mass is 10.1. The summed E-state index contributed by atoms with van der Waals surface area (Å²) in [5.41, 5.74) is 0.518. The van der Waals surface area contributed by atoms with Crippen LogP contribution in [0.2, 0.25) is 0 Å². The molecule has 18 heavy (non-hydrogen) atoms. The molecule has 1 atom stereocenters. The van der Waals surface area contributed by atoms with Crippen LogP contribution in [0.3, 0.4) is 0 Å². The standard InChI is InChI=1S/C12H13F2NO3/c13-9-2-1-8(5-10(9)14)11-6-15(3-4-18-11)7-12(16)17/h1-2,5,11H,3-4,6-7H2,(H,16,17)/t11-/m1/s1. The smallest absolute Gasteiger partial charge is 0.317 e. The van der Waals surface area contributed by atoms with Crippen LogP contribution in [-0.2, 0) is 9.53 Å². The van der Waals surface area contributed by atoms with Gasteiger partial charge in [0.15, 0.2) is 11.6 Å². The summed E-state index contributed by atoms with van der Waals surface area (Å²) >= 11 is 0. The van der Waals surface area contributed by atoms with Crippen molar-refractivity contribution in [1.82, 2.24) is 4.90 Å². The zero-order valence-electron chi connectivity index (χ0n) is 9.60. The highest BCUT2D eigenvalue weighted by Gasteiger charge is 2.23. The molecule has 1 heterocycles. The van der Waals surface area contributed by atoms with Crippen LogP contribution >= 0.6 is 0 Å². The van der Waals surface area contributed by atoms with E-state index in [0.29, 0.717) is 25.3 Å². The molecule has 0 spiro atoms. The summed E-state index contributed by atoms with van der Waals surface area (Å²) in [5, 5.41) is 8.71. The lowest BCUT2D eigenvalue weighted by molar-refractivity contribution is -0.140. The van der Waals surface area contributed by atoms with E-state index >= 15 is 0 Å². The first-order chi connectivity index (χ1) is 8.56. The SMILES string of the molecule is O=C(O)CN1CCO[C@@H](c2ccc(F)c(F)c2)C1. The summed E-state index contributed by atoms with van der Waals surface area (Å²) in [7, 11) is 0. The van der Waals surface area contributed by atoms with Crippen LogP contribution in [0.4, 0.5) is 8.78 Å². The highest BCUT2D eigenvalue weighted by Crippen LogP contribution is 2.23. The summed E-state index contributed by atoms with van der Waals surface area (Å²) in [5.74, 6) is -2.75. The number of nitrogens with zero attached hydrogens (tertiary/aromatic N) is 1. The summed E-state index contributed by atoms with van der Waals surface area (Å²) in [4.78, 5) is 12.3. The number of carbonyl (C=O) groups is 1. The minimum absolute atomic E-state index is 0.0798. The van der Waals surface area contributed by atoms with Crippen LogP contribution in [0.25, 0.3) is 0 Å². The molecule has 1 N–H and O–H groups in total. The Balaban J connectivity index is 2.08. The van der Waals surface area contributed by atoms with Gasteiger partial charge in [-0.25, -0.2) is 8.78 Å². The number of ether oxygens (including phenoxy) is 1. The maximum atomic E-state index is 13.1. The quantitative estimate of drug-likeness (QED) is 0.889. The fourth-order valence-corrected chi connectivity index (χ4v) is 1.95. The van der Waals surface area contributed by atoms with Gasteiger partial charge in [0.25, 0.3) is 0 Å². The fourth-order valence-electron chi connectivity index (χ4n) is 1.95. The van der Waals surface area contributed by atoms with E-state index in [-0.39, 0.29) is 6.54 Å². The van der Waals surface area contributed by atoms with Crippen molar-refractivity contribution < 1.29 is 23.4 Å². The minimum atomic E-state index is -0.925. The number of aliphatic carboxylic acids is 1. The lowest BCUT2D eigenvalue weighted by Crippen LogP contribution is -2.41. The molecule has 0 unspecified atom stereocenters. The third-order valence-electron chi connectivity index (χ3n) is 2.82. The molecule has 2 rings (SSSR count). The Bertz CT molecular complexity index is 453. The maximum Gasteiger partial charge on any atom is 0.317 e. The number of hydrogen-bond donors (Lipinski definition) is 1. The molecule has 1 aliphatic heterocycles. The third kappa shape index (κ3) is 3.02. The van der Waals surface area contributed by atoms with Gasteiger partial charge in [0, 0.05) is 13.1 Å². The van der Waals surface area contributed by atoms with Crippen molar-refractivity contribution in [2.24, 2.45) is 0 Å². The number of hydrogen-bond acceptors (Lipinski definition) is 3. The van der Waals surface area contributed by atoms with E-state index in [0.717, 1.165) is 12.1 Å². The molecule has 1 aliphatic rings. The molecule has 1 aromatic carbocycles. The molecular weight excluding hydrogens is 244 g/mol. The van der Waals surface area contributed by atoms with Gasteiger partial charge in [-0.05, 0) is 17.7 Å². The van der Waals surface area contributed by atoms with Crippen molar-refractivity contribution in [3.05, 3.63) is 35.4 Å². The number of halogens is 2. The van der Waals surface area contributed by atoms with Crippen molar-refractivity contribution in [3.8, 4) is 0 Å². The van der Waals surface area contributed by atoms with Crippen molar-refractivity contribution in [1.29, 1.82) is 0 Å². The van der Waals surface area contributed by atoms with Gasteiger partial charge in [-0.2, -0.15) is 0 Å². The molecule has 98 valence electrons. The van der Waals surface area contributed by atoms with Crippen molar-refractivity contribution >= 4 is 5.97 Å². The van der Waals surface area contributed by atoms with E-state index < -0.39 is 23.7 Å². The van der Waals surface area contributed by atoms with Gasteiger partial charge < -0.3 is 9.84 Å². The molecule has 0 amide bonds. The average Bonchev–Trinajstić information content (AvgIpc) is 2.32. The number of rotatable bonds is 3. The van der Waals surface area contributed by atoms with Crippen molar-refractivity contribution in [3.63, 3.8) is 0 Å². The monoisotopic (exact) mass is 257 g/mol. The summed E-state index contributed by atoms with van der Waals surface area (Å²) in [6.45, 7) is 1.17. The van der Waals surface area contributed by atoms with Gasteiger partial charge in [-0.3, -0.25) is 9.69 Å². The van der Waals surface area contributed by atoms with E-state index in [1.165, 1.54) is 6.07 Å². The van der Waals surface area contributed by atoms with Crippen LogP contribution in [0.1, 0.15) is 11.7 Å². The summed E-state index contributed by atoms with van der Waals surface area (Å²) in [6.07, 6.45) is -0.423. The molecule has 1 aromatic rings. The second kappa shape index (κ2) is 5.41. The normalized spacial score (nSPS) is 20.9. The number of carboxylic acid groups (broad SMARTS) is 1. The van der Waals surface area contributed by atoms with E-state index in [1.54, 1.807) is 4.90 Å². The van der Waals surface area contributed by atoms with Gasteiger partial charge in [0.1, 0.15) is 0 Å². The van der Waals surface area contributed by atoms with Crippen LogP contribution in [0.5, 0.6) is 0 Å². The molecule has 0 radical (unpaired) electrons. The van der Waals surface area contributed by atoms with Crippen LogP contribution in [-0.4, -0.2) is 42.2 Å². The Morgan fingerprint density at radius 3 is 2.89 bits per heavy atom. The third-order valence-corrected chi connectivity index (χ3v) is 2.82. The van der Waals surface area contributed by atoms with Crippen molar-refractivity contribution in [2.75, 3.05) is 26.2 Å². The van der Waals surface area contributed by atoms with E-state index in [2.05, 4.69) is 0 Å². The second-order valence-electron chi connectivity index (χ2n) is 4.16. The number of benzene rings is 1. The largest absolute Gasteiger partial charge is 0.480 e. The van der Waals surface area contributed by atoms with Gasteiger partial charge in [-0.1, -0.05) is 6.07 Å². The van der Waals surface area contributed by atoms with Gasteiger partial charge >= 0.3 is 5.97 Å². The zero-order valence-corrected chi connectivity index (χ0v) is 9.60. The molecule has 6 heteroatoms. The molecule has 0 saturated carbocycles. The first-order valence-electron chi connectivity index (χ1n) is 5.57. The van der Waals surface area contributed by atoms with Crippen LogP contribution < -0.4 is 0 Å². The summed E-state index contributed by atoms with van der Waals surface area (Å²) < 4.78 is 31.4. The number of carboxylic acids is 1. The zero-order chi connectivity index (χ0) is 13.1. The van der Waals surface area contributed by atoms with E-state index in [9.17, 15) is 13.6 Å². The molecule has 0 aliphatic carbocycles. The Morgan fingerprint density at radius 1 is 1.44 bits per heavy atom. The van der Waals surface area contributed by atoms with E-state index in [4.69, 9.17) is 9.84 Å².